The number of aliphatic hydroxyl groups excluding tert-OH is 2. The minimum absolute atomic E-state index is 0.0252. The summed E-state index contributed by atoms with van der Waals surface area (Å²) in [5.74, 6) is -0.732. The van der Waals surface area contributed by atoms with Crippen LogP contribution in [0.1, 0.15) is 29.1 Å². The van der Waals surface area contributed by atoms with Crippen molar-refractivity contribution in [2.75, 3.05) is 19.5 Å². The molecular weight excluding hydrogens is 306 g/mol. The fourth-order valence-electron chi connectivity index (χ4n) is 2.49. The Morgan fingerprint density at radius 2 is 2.22 bits per heavy atom. The minimum Gasteiger partial charge on any atom is -0.394 e. The highest BCUT2D eigenvalue weighted by Gasteiger charge is 2.42. The van der Waals surface area contributed by atoms with Gasteiger partial charge in [0.05, 0.1) is 17.9 Å². The summed E-state index contributed by atoms with van der Waals surface area (Å²) < 4.78 is 6.53. The third kappa shape index (κ3) is 2.72. The largest absolute Gasteiger partial charge is 0.394 e. The summed E-state index contributed by atoms with van der Waals surface area (Å²) in [5, 5.41) is 33.5. The maximum Gasteiger partial charge on any atom is 0.251 e. The van der Waals surface area contributed by atoms with Crippen molar-refractivity contribution in [3.05, 3.63) is 23.7 Å². The van der Waals surface area contributed by atoms with Gasteiger partial charge in [0.2, 0.25) is 0 Å². The van der Waals surface area contributed by atoms with Crippen LogP contribution in [0.4, 0.5) is 5.82 Å². The van der Waals surface area contributed by atoms with Crippen molar-refractivity contribution in [2.24, 2.45) is 5.73 Å². The van der Waals surface area contributed by atoms with Gasteiger partial charge >= 0.3 is 0 Å². The number of nitrogen functional groups attached to an aromatic ring is 1. The maximum absolute atomic E-state index is 11.6. The third-order valence-corrected chi connectivity index (χ3v) is 3.76. The molecule has 7 N–H and O–H groups in total. The van der Waals surface area contributed by atoms with E-state index in [4.69, 9.17) is 21.3 Å². The smallest absolute Gasteiger partial charge is 0.251 e. The number of amides is 1. The van der Waals surface area contributed by atoms with Crippen LogP contribution in [0.2, 0.25) is 0 Å². The maximum atomic E-state index is 11.6. The highest BCUT2D eigenvalue weighted by molar-refractivity contribution is 6.02. The Morgan fingerprint density at radius 1 is 1.57 bits per heavy atom. The number of aliphatic hydroxyl groups is 3. The number of ether oxygens (including phenoxy) is 1. The van der Waals surface area contributed by atoms with E-state index in [9.17, 15) is 15.0 Å². The van der Waals surface area contributed by atoms with Crippen molar-refractivity contribution < 1.29 is 24.9 Å². The summed E-state index contributed by atoms with van der Waals surface area (Å²) in [6.07, 6.45) is -1.45. The molecule has 2 aromatic rings. The molecule has 126 valence electrons. The second-order valence-electron chi connectivity index (χ2n) is 5.29. The number of carbonyl (C=O) groups is 1. The fourth-order valence-corrected chi connectivity index (χ4v) is 2.49. The number of methoxy groups -OCH3 is 1. The van der Waals surface area contributed by atoms with Crippen molar-refractivity contribution in [2.45, 2.75) is 24.7 Å². The molecule has 0 saturated carbocycles. The zero-order chi connectivity index (χ0) is 17.4. The lowest BCUT2D eigenvalue weighted by atomic mass is 9.90. The predicted molar refractivity (Wildman–Crippen MR) is 79.4 cm³/mol. The summed E-state index contributed by atoms with van der Waals surface area (Å²) in [6, 6.07) is 1.36. The van der Waals surface area contributed by atoms with Gasteiger partial charge in [-0.1, -0.05) is 0 Å². The van der Waals surface area contributed by atoms with E-state index in [0.29, 0.717) is 0 Å². The number of hydrogen-bond acceptors (Lipinski definition) is 8. The number of nitrogens with two attached hydrogens (primary N) is 2. The Kier molecular flexibility index (Phi) is 4.52. The Balaban J connectivity index is 2.71. The van der Waals surface area contributed by atoms with Gasteiger partial charge in [0.1, 0.15) is 29.7 Å². The van der Waals surface area contributed by atoms with Gasteiger partial charge in [0.25, 0.3) is 5.91 Å². The number of aromatic nitrogens is 3. The van der Waals surface area contributed by atoms with Crippen LogP contribution in [0.25, 0.3) is 5.52 Å². The molecule has 0 radical (unpaired) electrons. The first-order chi connectivity index (χ1) is 10.8. The second-order valence-corrected chi connectivity index (χ2v) is 5.29. The molecule has 23 heavy (non-hydrogen) atoms. The van der Waals surface area contributed by atoms with Crippen molar-refractivity contribution in [1.82, 2.24) is 14.6 Å². The van der Waals surface area contributed by atoms with E-state index in [1.807, 2.05) is 0 Å². The van der Waals surface area contributed by atoms with Crippen LogP contribution in [0.15, 0.2) is 12.4 Å². The van der Waals surface area contributed by atoms with Crippen molar-refractivity contribution >= 4 is 17.2 Å². The molecule has 0 aliphatic heterocycles. The van der Waals surface area contributed by atoms with E-state index in [1.165, 1.54) is 30.9 Å². The van der Waals surface area contributed by atoms with Crippen LogP contribution >= 0.6 is 0 Å². The molecule has 0 aliphatic carbocycles. The summed E-state index contributed by atoms with van der Waals surface area (Å²) in [5.41, 5.74) is 9.69. The molecule has 3 atom stereocenters. The van der Waals surface area contributed by atoms with E-state index in [-0.39, 0.29) is 22.6 Å². The number of rotatable bonds is 6. The average molecular weight is 325 g/mol. The average Bonchev–Trinajstić information content (AvgIpc) is 2.88. The molecule has 2 aromatic heterocycles. The van der Waals surface area contributed by atoms with Crippen LogP contribution in [-0.2, 0) is 4.74 Å². The summed E-state index contributed by atoms with van der Waals surface area (Å²) in [6.45, 7) is 0.603. The molecule has 10 heteroatoms. The van der Waals surface area contributed by atoms with Gasteiger partial charge in [-0.2, -0.15) is 5.10 Å². The van der Waals surface area contributed by atoms with Gasteiger partial charge in [-0.25, -0.2) is 9.50 Å². The van der Waals surface area contributed by atoms with E-state index in [1.54, 1.807) is 0 Å². The number of fused-ring (bicyclic) bond motifs is 1. The molecule has 0 aliphatic rings. The molecule has 1 amide bonds. The van der Waals surface area contributed by atoms with Gasteiger partial charge in [-0.15, -0.1) is 0 Å². The third-order valence-electron chi connectivity index (χ3n) is 3.76. The SMILES string of the molecule is CO[C@@H](c1cc(C(N)=O)c2c(N)ncnn12)[C@](C)(O)[C@H](O)CO. The Bertz CT molecular complexity index is 729. The molecule has 2 heterocycles. The van der Waals surface area contributed by atoms with Gasteiger partial charge in [0, 0.05) is 7.11 Å². The van der Waals surface area contributed by atoms with Crippen molar-refractivity contribution in [1.29, 1.82) is 0 Å². The zero-order valence-corrected chi connectivity index (χ0v) is 12.7. The van der Waals surface area contributed by atoms with Crippen LogP contribution in [0.5, 0.6) is 0 Å². The quantitative estimate of drug-likeness (QED) is 0.414. The van der Waals surface area contributed by atoms with Gasteiger partial charge in [-0.05, 0) is 13.0 Å². The lowest BCUT2D eigenvalue weighted by Crippen LogP contribution is -2.47. The first-order valence-corrected chi connectivity index (χ1v) is 6.71. The molecule has 10 nitrogen and oxygen atoms in total. The topological polar surface area (TPSA) is 169 Å². The summed E-state index contributed by atoms with van der Waals surface area (Å²) in [7, 11) is 1.30. The summed E-state index contributed by atoms with van der Waals surface area (Å²) >= 11 is 0. The standard InChI is InChI=1S/C13H19N5O5/c1-13(22,8(20)4-19)10(23-2)7-3-6(12(15)21)9-11(14)16-5-17-18(7)9/h3,5,8,10,19-20,22H,4H2,1-2H3,(H2,15,21)(H2,14,16,17)/t8-,10+,13-/m1/s1. The predicted octanol–water partition coefficient (Wildman–Crippen LogP) is -1.80. The van der Waals surface area contributed by atoms with Crippen molar-refractivity contribution in [3.8, 4) is 0 Å². The minimum atomic E-state index is -1.87. The normalized spacial score (nSPS) is 16.9. The van der Waals surface area contributed by atoms with E-state index < -0.39 is 30.3 Å². The summed E-state index contributed by atoms with van der Waals surface area (Å²) in [4.78, 5) is 15.4. The molecule has 0 bridgehead atoms. The Hall–Kier alpha value is -2.27. The fraction of sp³-hybridized carbons (Fsp3) is 0.462. The highest BCUT2D eigenvalue weighted by Crippen LogP contribution is 2.34. The first-order valence-electron chi connectivity index (χ1n) is 6.71. The molecule has 0 saturated heterocycles. The second kappa shape index (κ2) is 6.08. The number of anilines is 1. The van der Waals surface area contributed by atoms with Crippen LogP contribution < -0.4 is 11.5 Å². The number of primary amides is 1. The van der Waals surface area contributed by atoms with Gasteiger partial charge < -0.3 is 31.5 Å². The van der Waals surface area contributed by atoms with E-state index >= 15 is 0 Å². The van der Waals surface area contributed by atoms with Gasteiger partial charge in [0.15, 0.2) is 5.82 Å². The molecular formula is C13H19N5O5. The van der Waals surface area contributed by atoms with E-state index in [0.717, 1.165) is 0 Å². The monoisotopic (exact) mass is 325 g/mol. The zero-order valence-electron chi connectivity index (χ0n) is 12.7. The molecule has 0 unspecified atom stereocenters. The molecule has 0 fully saturated rings. The Labute approximate surface area is 131 Å². The molecule has 2 rings (SSSR count). The lowest BCUT2D eigenvalue weighted by molar-refractivity contribution is -0.160. The van der Waals surface area contributed by atoms with Crippen LogP contribution in [0, 0.1) is 0 Å². The number of nitrogens with zero attached hydrogens (tertiary/aromatic N) is 3. The molecule has 0 spiro atoms. The molecule has 0 aromatic carbocycles. The van der Waals surface area contributed by atoms with Crippen LogP contribution in [-0.4, -0.2) is 61.2 Å². The highest BCUT2D eigenvalue weighted by atomic mass is 16.5. The Morgan fingerprint density at radius 3 is 2.74 bits per heavy atom. The van der Waals surface area contributed by atoms with Crippen LogP contribution in [0.3, 0.4) is 0 Å². The van der Waals surface area contributed by atoms with Gasteiger partial charge in [-0.3, -0.25) is 4.79 Å². The van der Waals surface area contributed by atoms with Crippen molar-refractivity contribution in [3.63, 3.8) is 0 Å². The number of carbonyl (C=O) groups excluding carboxylic acids is 1. The lowest BCUT2D eigenvalue weighted by Gasteiger charge is -2.34. The first kappa shape index (κ1) is 17.1. The van der Waals surface area contributed by atoms with E-state index in [2.05, 4.69) is 10.1 Å². The number of hydrogen-bond donors (Lipinski definition) is 5.